The zero-order valence-corrected chi connectivity index (χ0v) is 8.82. The molecule has 2 amide bonds. The molecule has 0 bridgehead atoms. The van der Waals surface area contributed by atoms with Crippen LogP contribution in [0.4, 0.5) is 5.69 Å². The summed E-state index contributed by atoms with van der Waals surface area (Å²) in [7, 11) is 1.50. The number of nitrogens with one attached hydrogen (secondary N) is 1. The Bertz CT molecular complexity index is 418. The minimum Gasteiger partial charge on any atom is -0.497 e. The molecular formula is C10H13N3O3. The number of carbonyl (C=O) groups is 2. The Kier molecular flexibility index (Phi) is 3.71. The van der Waals surface area contributed by atoms with E-state index in [0.29, 0.717) is 5.75 Å². The van der Waals surface area contributed by atoms with E-state index in [1.54, 1.807) is 6.07 Å². The van der Waals surface area contributed by atoms with Crippen molar-refractivity contribution in [1.29, 1.82) is 0 Å². The minimum absolute atomic E-state index is 0.218. The first-order chi connectivity index (χ1) is 7.54. The monoisotopic (exact) mass is 223 g/mol. The van der Waals surface area contributed by atoms with Crippen molar-refractivity contribution in [3.05, 3.63) is 23.8 Å². The van der Waals surface area contributed by atoms with Crippen LogP contribution in [0.25, 0.3) is 0 Å². The first kappa shape index (κ1) is 11.8. The van der Waals surface area contributed by atoms with E-state index >= 15 is 0 Å². The molecule has 6 heteroatoms. The third kappa shape index (κ3) is 2.88. The van der Waals surface area contributed by atoms with Gasteiger partial charge in [0, 0.05) is 11.8 Å². The molecule has 86 valence electrons. The van der Waals surface area contributed by atoms with E-state index in [0.717, 1.165) is 0 Å². The summed E-state index contributed by atoms with van der Waals surface area (Å²) in [5.41, 5.74) is 11.1. The number of ether oxygens (including phenoxy) is 1. The Hall–Kier alpha value is -2.24. The molecular weight excluding hydrogens is 210 g/mol. The number of nitrogens with two attached hydrogens (primary N) is 2. The molecule has 16 heavy (non-hydrogen) atoms. The molecule has 0 atom stereocenters. The summed E-state index contributed by atoms with van der Waals surface area (Å²) in [5, 5.41) is 2.34. The summed E-state index contributed by atoms with van der Waals surface area (Å²) in [6.07, 6.45) is 0. The first-order valence-electron chi connectivity index (χ1n) is 4.54. The molecule has 1 aromatic carbocycles. The van der Waals surface area contributed by atoms with E-state index in [9.17, 15) is 9.59 Å². The predicted molar refractivity (Wildman–Crippen MR) is 58.9 cm³/mol. The fraction of sp³-hybridized carbons (Fsp3) is 0.200. The summed E-state index contributed by atoms with van der Waals surface area (Å²) >= 11 is 0. The van der Waals surface area contributed by atoms with E-state index in [1.165, 1.54) is 19.2 Å². The summed E-state index contributed by atoms with van der Waals surface area (Å²) in [6.45, 7) is -0.218. The topological polar surface area (TPSA) is 107 Å². The third-order valence-electron chi connectivity index (χ3n) is 1.93. The molecule has 0 saturated carbocycles. The van der Waals surface area contributed by atoms with Crippen LogP contribution < -0.4 is 21.5 Å². The Morgan fingerprint density at radius 2 is 2.12 bits per heavy atom. The van der Waals surface area contributed by atoms with Gasteiger partial charge in [0.15, 0.2) is 0 Å². The highest BCUT2D eigenvalue weighted by Gasteiger charge is 2.10. The Morgan fingerprint density at radius 1 is 1.44 bits per heavy atom. The number of amides is 2. The molecule has 0 spiro atoms. The number of carbonyl (C=O) groups excluding carboxylic acids is 2. The average Bonchev–Trinajstić information content (AvgIpc) is 2.25. The standard InChI is InChI=1S/C10H13N3O3/c1-16-6-2-3-7(8(11)4-6)10(15)13-5-9(12)14/h2-4H,5,11H2,1H3,(H2,12,14)(H,13,15). The molecule has 0 saturated heterocycles. The number of nitrogen functional groups attached to an aromatic ring is 1. The van der Waals surface area contributed by atoms with Crippen LogP contribution in [-0.2, 0) is 4.79 Å². The maximum absolute atomic E-state index is 11.5. The van der Waals surface area contributed by atoms with Gasteiger partial charge in [0.1, 0.15) is 5.75 Å². The largest absolute Gasteiger partial charge is 0.497 e. The molecule has 6 nitrogen and oxygen atoms in total. The number of anilines is 1. The fourth-order valence-electron chi connectivity index (χ4n) is 1.14. The van der Waals surface area contributed by atoms with Gasteiger partial charge in [-0.15, -0.1) is 0 Å². The van der Waals surface area contributed by atoms with Crippen LogP contribution in [0.15, 0.2) is 18.2 Å². The summed E-state index contributed by atoms with van der Waals surface area (Å²) in [4.78, 5) is 22.0. The van der Waals surface area contributed by atoms with Crippen molar-refractivity contribution in [3.8, 4) is 5.75 Å². The lowest BCUT2D eigenvalue weighted by Crippen LogP contribution is -2.33. The van der Waals surface area contributed by atoms with Crippen molar-refractivity contribution >= 4 is 17.5 Å². The van der Waals surface area contributed by atoms with E-state index < -0.39 is 11.8 Å². The minimum atomic E-state index is -0.611. The van der Waals surface area contributed by atoms with E-state index in [2.05, 4.69) is 5.32 Å². The van der Waals surface area contributed by atoms with Crippen molar-refractivity contribution in [2.24, 2.45) is 5.73 Å². The maximum atomic E-state index is 11.5. The van der Waals surface area contributed by atoms with E-state index in [4.69, 9.17) is 16.2 Å². The normalized spacial score (nSPS) is 9.56. The Balaban J connectivity index is 2.79. The Labute approximate surface area is 92.6 Å². The van der Waals surface area contributed by atoms with Crippen LogP contribution in [0.1, 0.15) is 10.4 Å². The number of rotatable bonds is 4. The SMILES string of the molecule is COc1ccc(C(=O)NCC(N)=O)c(N)c1. The quantitative estimate of drug-likeness (QED) is 0.597. The van der Waals surface area contributed by atoms with Crippen LogP contribution in [0.3, 0.4) is 0 Å². The number of benzene rings is 1. The molecule has 0 unspecified atom stereocenters. The van der Waals surface area contributed by atoms with Gasteiger partial charge >= 0.3 is 0 Å². The smallest absolute Gasteiger partial charge is 0.253 e. The van der Waals surface area contributed by atoms with Gasteiger partial charge in [0.25, 0.3) is 5.91 Å². The van der Waals surface area contributed by atoms with Gasteiger partial charge in [-0.05, 0) is 12.1 Å². The highest BCUT2D eigenvalue weighted by molar-refractivity contribution is 6.00. The van der Waals surface area contributed by atoms with Gasteiger partial charge < -0.3 is 21.5 Å². The lowest BCUT2D eigenvalue weighted by Gasteiger charge is -2.07. The van der Waals surface area contributed by atoms with E-state index in [-0.39, 0.29) is 17.8 Å². The third-order valence-corrected chi connectivity index (χ3v) is 1.93. The van der Waals surface area contributed by atoms with Crippen molar-refractivity contribution in [1.82, 2.24) is 5.32 Å². The summed E-state index contributed by atoms with van der Waals surface area (Å²) < 4.78 is 4.94. The van der Waals surface area contributed by atoms with Crippen molar-refractivity contribution < 1.29 is 14.3 Å². The second-order valence-corrected chi connectivity index (χ2v) is 3.10. The van der Waals surface area contributed by atoms with Gasteiger partial charge in [-0.25, -0.2) is 0 Å². The van der Waals surface area contributed by atoms with Crippen molar-refractivity contribution in [2.45, 2.75) is 0 Å². The number of hydrogen-bond acceptors (Lipinski definition) is 4. The van der Waals surface area contributed by atoms with Crippen LogP contribution in [0.5, 0.6) is 5.75 Å². The molecule has 0 aliphatic carbocycles. The lowest BCUT2D eigenvalue weighted by atomic mass is 10.1. The average molecular weight is 223 g/mol. The fourth-order valence-corrected chi connectivity index (χ4v) is 1.14. The zero-order chi connectivity index (χ0) is 12.1. The molecule has 0 aliphatic rings. The van der Waals surface area contributed by atoms with Crippen molar-refractivity contribution in [3.63, 3.8) is 0 Å². The molecule has 0 radical (unpaired) electrons. The predicted octanol–water partition coefficient (Wildman–Crippen LogP) is -0.507. The van der Waals surface area contributed by atoms with Gasteiger partial charge in [0.05, 0.1) is 19.2 Å². The van der Waals surface area contributed by atoms with Crippen LogP contribution >= 0.6 is 0 Å². The van der Waals surface area contributed by atoms with Gasteiger partial charge in [0.2, 0.25) is 5.91 Å². The number of hydrogen-bond donors (Lipinski definition) is 3. The van der Waals surface area contributed by atoms with Crippen LogP contribution in [-0.4, -0.2) is 25.5 Å². The summed E-state index contributed by atoms with van der Waals surface area (Å²) in [6, 6.07) is 4.65. The van der Waals surface area contributed by atoms with Gasteiger partial charge in [-0.2, -0.15) is 0 Å². The first-order valence-corrected chi connectivity index (χ1v) is 4.54. The zero-order valence-electron chi connectivity index (χ0n) is 8.82. The molecule has 5 N–H and O–H groups in total. The summed E-state index contributed by atoms with van der Waals surface area (Å²) in [5.74, 6) is -0.497. The second kappa shape index (κ2) is 5.01. The molecule has 1 rings (SSSR count). The van der Waals surface area contributed by atoms with Crippen LogP contribution in [0, 0.1) is 0 Å². The molecule has 0 aromatic heterocycles. The molecule has 0 aliphatic heterocycles. The van der Waals surface area contributed by atoms with Gasteiger partial charge in [-0.1, -0.05) is 0 Å². The molecule has 0 fully saturated rings. The lowest BCUT2D eigenvalue weighted by molar-refractivity contribution is -0.117. The number of methoxy groups -OCH3 is 1. The van der Waals surface area contributed by atoms with Crippen LogP contribution in [0.2, 0.25) is 0 Å². The highest BCUT2D eigenvalue weighted by atomic mass is 16.5. The molecule has 1 aromatic rings. The highest BCUT2D eigenvalue weighted by Crippen LogP contribution is 2.19. The van der Waals surface area contributed by atoms with E-state index in [1.807, 2.05) is 0 Å². The maximum Gasteiger partial charge on any atom is 0.253 e. The van der Waals surface area contributed by atoms with Crippen molar-refractivity contribution in [2.75, 3.05) is 19.4 Å². The number of primary amides is 1. The molecule has 0 heterocycles. The second-order valence-electron chi connectivity index (χ2n) is 3.10. The van der Waals surface area contributed by atoms with Gasteiger partial charge in [-0.3, -0.25) is 9.59 Å². The Morgan fingerprint density at radius 3 is 2.62 bits per heavy atom.